The van der Waals surface area contributed by atoms with Gasteiger partial charge < -0.3 is 9.47 Å². The third-order valence-corrected chi connectivity index (χ3v) is 4.61. The molecule has 3 atom stereocenters. The average Bonchev–Trinajstić information content (AvgIpc) is 3.05. The summed E-state index contributed by atoms with van der Waals surface area (Å²) >= 11 is 0. The number of fused-ring (bicyclic) bond motifs is 2. The van der Waals surface area contributed by atoms with Gasteiger partial charge in [0.25, 0.3) is 0 Å². The molecule has 0 aromatic carbocycles. The second-order valence-corrected chi connectivity index (χ2v) is 5.91. The van der Waals surface area contributed by atoms with Crippen molar-refractivity contribution in [3.8, 4) is 5.75 Å². The van der Waals surface area contributed by atoms with Crippen LogP contribution in [0.15, 0.2) is 6.20 Å². The van der Waals surface area contributed by atoms with Crippen molar-refractivity contribution in [1.29, 1.82) is 0 Å². The molecular formula is C16H21NO3. The molecule has 0 N–H and O–H groups in total. The van der Waals surface area contributed by atoms with Gasteiger partial charge in [-0.1, -0.05) is 0 Å². The zero-order valence-corrected chi connectivity index (χ0v) is 12.3. The minimum atomic E-state index is 0.0715. The number of aromatic nitrogens is 1. The van der Waals surface area contributed by atoms with Gasteiger partial charge in [-0.05, 0) is 33.1 Å². The molecule has 0 spiro atoms. The first-order valence-electron chi connectivity index (χ1n) is 7.27. The summed E-state index contributed by atoms with van der Waals surface area (Å²) in [5.41, 5.74) is 2.81. The molecule has 4 heteroatoms. The van der Waals surface area contributed by atoms with E-state index in [9.17, 15) is 4.79 Å². The summed E-state index contributed by atoms with van der Waals surface area (Å²) in [5.74, 6) is 1.17. The van der Waals surface area contributed by atoms with Gasteiger partial charge in [0.05, 0.1) is 25.0 Å². The maximum Gasteiger partial charge on any atom is 0.144 e. The SMILES string of the molecule is COc1c(C)cnc(CC(=O)C2CC3CCC2O3)c1C. The molecule has 2 saturated heterocycles. The number of ether oxygens (including phenoxy) is 2. The van der Waals surface area contributed by atoms with Crippen LogP contribution in [0.1, 0.15) is 36.1 Å². The smallest absolute Gasteiger partial charge is 0.144 e. The standard InChI is InChI=1S/C16H21NO3/c1-9-8-17-13(10(2)16(9)19-3)7-14(18)12-6-11-4-5-15(12)20-11/h8,11-12,15H,4-7H2,1-3H3. The third kappa shape index (κ3) is 2.22. The topological polar surface area (TPSA) is 48.4 Å². The molecule has 3 unspecified atom stereocenters. The normalized spacial score (nSPS) is 27.9. The van der Waals surface area contributed by atoms with Crippen molar-refractivity contribution in [3.63, 3.8) is 0 Å². The summed E-state index contributed by atoms with van der Waals surface area (Å²) in [7, 11) is 1.66. The van der Waals surface area contributed by atoms with Crippen molar-refractivity contribution < 1.29 is 14.3 Å². The molecule has 108 valence electrons. The highest BCUT2D eigenvalue weighted by Gasteiger charge is 2.44. The number of hydrogen-bond acceptors (Lipinski definition) is 4. The Kier molecular flexibility index (Phi) is 3.50. The molecular weight excluding hydrogens is 254 g/mol. The summed E-state index contributed by atoms with van der Waals surface area (Å²) < 4.78 is 11.2. The van der Waals surface area contributed by atoms with Crippen LogP contribution in [0, 0.1) is 19.8 Å². The molecule has 4 nitrogen and oxygen atoms in total. The number of nitrogens with zero attached hydrogens (tertiary/aromatic N) is 1. The lowest BCUT2D eigenvalue weighted by molar-refractivity contribution is -0.123. The van der Waals surface area contributed by atoms with E-state index in [1.807, 2.05) is 13.8 Å². The van der Waals surface area contributed by atoms with E-state index >= 15 is 0 Å². The van der Waals surface area contributed by atoms with Crippen molar-refractivity contribution in [2.45, 2.75) is 51.7 Å². The van der Waals surface area contributed by atoms with Gasteiger partial charge >= 0.3 is 0 Å². The highest BCUT2D eigenvalue weighted by molar-refractivity contribution is 5.84. The molecule has 2 fully saturated rings. The lowest BCUT2D eigenvalue weighted by atomic mass is 9.84. The van der Waals surface area contributed by atoms with Crippen LogP contribution in [0.25, 0.3) is 0 Å². The van der Waals surface area contributed by atoms with Gasteiger partial charge in [0.1, 0.15) is 11.5 Å². The molecule has 0 aliphatic carbocycles. The van der Waals surface area contributed by atoms with E-state index in [0.29, 0.717) is 12.5 Å². The van der Waals surface area contributed by atoms with E-state index in [1.165, 1.54) is 0 Å². The maximum absolute atomic E-state index is 12.5. The Morgan fingerprint density at radius 1 is 1.45 bits per heavy atom. The summed E-state index contributed by atoms with van der Waals surface area (Å²) in [6.45, 7) is 3.94. The van der Waals surface area contributed by atoms with Crippen LogP contribution in [0.5, 0.6) is 5.75 Å². The Balaban J connectivity index is 1.76. The van der Waals surface area contributed by atoms with Gasteiger partial charge in [0.15, 0.2) is 0 Å². The monoisotopic (exact) mass is 275 g/mol. The van der Waals surface area contributed by atoms with Gasteiger partial charge in [-0.3, -0.25) is 9.78 Å². The van der Waals surface area contributed by atoms with Crippen molar-refractivity contribution >= 4 is 5.78 Å². The summed E-state index contributed by atoms with van der Waals surface area (Å²) in [6.07, 6.45) is 5.68. The third-order valence-electron chi connectivity index (χ3n) is 4.61. The van der Waals surface area contributed by atoms with Gasteiger partial charge in [0.2, 0.25) is 0 Å². The van der Waals surface area contributed by atoms with Crippen molar-refractivity contribution in [2.24, 2.45) is 5.92 Å². The first-order valence-corrected chi connectivity index (χ1v) is 7.27. The summed E-state index contributed by atoms with van der Waals surface area (Å²) in [5, 5.41) is 0. The minimum Gasteiger partial charge on any atom is -0.496 e. The van der Waals surface area contributed by atoms with Gasteiger partial charge in [-0.2, -0.15) is 0 Å². The Hall–Kier alpha value is -1.42. The van der Waals surface area contributed by atoms with Crippen LogP contribution in [-0.2, 0) is 16.0 Å². The zero-order valence-electron chi connectivity index (χ0n) is 12.3. The van der Waals surface area contributed by atoms with E-state index in [2.05, 4.69) is 4.98 Å². The molecule has 0 radical (unpaired) electrons. The van der Waals surface area contributed by atoms with E-state index in [0.717, 1.165) is 41.8 Å². The maximum atomic E-state index is 12.5. The number of Topliss-reactive ketones (excluding diaryl/α,β-unsaturated/α-hetero) is 1. The van der Waals surface area contributed by atoms with Gasteiger partial charge in [-0.25, -0.2) is 0 Å². The first-order chi connectivity index (χ1) is 9.60. The van der Waals surface area contributed by atoms with Gasteiger partial charge in [0, 0.05) is 29.7 Å². The van der Waals surface area contributed by atoms with Crippen LogP contribution >= 0.6 is 0 Å². The first kappa shape index (κ1) is 13.6. The highest BCUT2D eigenvalue weighted by atomic mass is 16.5. The number of aryl methyl sites for hydroxylation is 1. The largest absolute Gasteiger partial charge is 0.496 e. The molecule has 2 aliphatic rings. The van der Waals surface area contributed by atoms with Crippen LogP contribution in [0.4, 0.5) is 0 Å². The molecule has 3 heterocycles. The second kappa shape index (κ2) is 5.17. The fourth-order valence-electron chi connectivity index (χ4n) is 3.52. The molecule has 3 rings (SSSR count). The Labute approximate surface area is 119 Å². The van der Waals surface area contributed by atoms with E-state index in [-0.39, 0.29) is 17.8 Å². The molecule has 2 bridgehead atoms. The number of pyridine rings is 1. The number of hydrogen-bond donors (Lipinski definition) is 0. The van der Waals surface area contributed by atoms with E-state index in [4.69, 9.17) is 9.47 Å². The van der Waals surface area contributed by atoms with Crippen molar-refractivity contribution in [3.05, 3.63) is 23.0 Å². The number of methoxy groups -OCH3 is 1. The Bertz CT molecular complexity index is 541. The zero-order chi connectivity index (χ0) is 14.3. The molecule has 1 aromatic rings. The van der Waals surface area contributed by atoms with Crippen LogP contribution in [-0.4, -0.2) is 30.1 Å². The minimum absolute atomic E-state index is 0.0715. The lowest BCUT2D eigenvalue weighted by Gasteiger charge is -2.18. The average molecular weight is 275 g/mol. The Morgan fingerprint density at radius 2 is 2.25 bits per heavy atom. The number of carbonyl (C=O) groups is 1. The molecule has 0 amide bonds. The van der Waals surface area contributed by atoms with Crippen LogP contribution in [0.2, 0.25) is 0 Å². The molecule has 2 aliphatic heterocycles. The van der Waals surface area contributed by atoms with Crippen molar-refractivity contribution in [2.75, 3.05) is 7.11 Å². The Morgan fingerprint density at radius 3 is 2.85 bits per heavy atom. The van der Waals surface area contributed by atoms with Crippen LogP contribution < -0.4 is 4.74 Å². The quantitative estimate of drug-likeness (QED) is 0.846. The summed E-state index contributed by atoms with van der Waals surface area (Å²) in [4.78, 5) is 16.9. The number of ketones is 1. The predicted molar refractivity (Wildman–Crippen MR) is 75.0 cm³/mol. The molecule has 0 saturated carbocycles. The highest BCUT2D eigenvalue weighted by Crippen LogP contribution is 2.39. The molecule has 1 aromatic heterocycles. The fourth-order valence-corrected chi connectivity index (χ4v) is 3.52. The van der Waals surface area contributed by atoms with Gasteiger partial charge in [-0.15, -0.1) is 0 Å². The lowest BCUT2D eigenvalue weighted by Crippen LogP contribution is -2.27. The number of rotatable bonds is 4. The van der Waals surface area contributed by atoms with Crippen LogP contribution in [0.3, 0.4) is 0 Å². The van der Waals surface area contributed by atoms with Crippen molar-refractivity contribution in [1.82, 2.24) is 4.98 Å². The van der Waals surface area contributed by atoms with E-state index < -0.39 is 0 Å². The summed E-state index contributed by atoms with van der Waals surface area (Å²) in [6, 6.07) is 0. The fraction of sp³-hybridized carbons (Fsp3) is 0.625. The van der Waals surface area contributed by atoms with E-state index in [1.54, 1.807) is 13.3 Å². The number of carbonyl (C=O) groups excluding carboxylic acids is 1. The predicted octanol–water partition coefficient (Wildman–Crippen LogP) is 2.39. The molecule has 20 heavy (non-hydrogen) atoms. The second-order valence-electron chi connectivity index (χ2n) is 5.91.